The lowest BCUT2D eigenvalue weighted by Crippen LogP contribution is -2.34. The molecule has 3 atom stereocenters. The molecular formula is C13H20N2O5. The van der Waals surface area contributed by atoms with Crippen molar-refractivity contribution in [1.29, 1.82) is 0 Å². The molecule has 7 heteroatoms. The molecule has 1 aromatic rings. The molecule has 0 saturated carbocycles. The zero-order chi connectivity index (χ0) is 14.7. The average molecular weight is 284 g/mol. The van der Waals surface area contributed by atoms with E-state index in [1.165, 1.54) is 10.8 Å². The van der Waals surface area contributed by atoms with Crippen molar-refractivity contribution in [2.24, 2.45) is 0 Å². The number of aromatic nitrogens is 2. The first-order valence-corrected chi connectivity index (χ1v) is 6.85. The maximum absolute atomic E-state index is 11.8. The van der Waals surface area contributed by atoms with Crippen molar-refractivity contribution in [3.8, 4) is 0 Å². The lowest BCUT2D eigenvalue weighted by Gasteiger charge is -2.15. The summed E-state index contributed by atoms with van der Waals surface area (Å²) in [5.74, 6) is 0. The van der Waals surface area contributed by atoms with Crippen molar-refractivity contribution in [2.45, 2.75) is 51.0 Å². The predicted octanol–water partition coefficient (Wildman–Crippen LogP) is -0.480. The zero-order valence-corrected chi connectivity index (χ0v) is 11.4. The van der Waals surface area contributed by atoms with Crippen molar-refractivity contribution in [1.82, 2.24) is 9.55 Å². The van der Waals surface area contributed by atoms with Gasteiger partial charge >= 0.3 is 5.69 Å². The topological polar surface area (TPSA) is 105 Å². The smallest absolute Gasteiger partial charge is 0.330 e. The Morgan fingerprint density at radius 1 is 1.50 bits per heavy atom. The maximum atomic E-state index is 11.8. The number of nitrogens with zero attached hydrogens (tertiary/aromatic N) is 1. The third kappa shape index (κ3) is 3.00. The normalized spacial score (nSPS) is 26.1. The Morgan fingerprint density at radius 2 is 2.25 bits per heavy atom. The molecule has 1 saturated heterocycles. The van der Waals surface area contributed by atoms with Crippen LogP contribution in [-0.2, 0) is 11.2 Å². The molecule has 2 rings (SSSR count). The minimum absolute atomic E-state index is 0.213. The fourth-order valence-corrected chi connectivity index (χ4v) is 2.34. The Kier molecular flexibility index (Phi) is 4.74. The number of aryl methyl sites for hydroxylation is 1. The van der Waals surface area contributed by atoms with Crippen molar-refractivity contribution < 1.29 is 14.9 Å². The summed E-state index contributed by atoms with van der Waals surface area (Å²) in [6.07, 6.45) is 1.93. The summed E-state index contributed by atoms with van der Waals surface area (Å²) < 4.78 is 6.71. The first-order chi connectivity index (χ1) is 9.56. The molecule has 0 aromatic carbocycles. The summed E-state index contributed by atoms with van der Waals surface area (Å²) in [5.41, 5.74) is -0.417. The Hall–Kier alpha value is -1.44. The SMILES string of the molecule is CCCCc1cn([C@@H]2CC(O)[C@H](CO)O2)c(=O)[nH]c1=O. The molecule has 3 N–H and O–H groups in total. The van der Waals surface area contributed by atoms with Gasteiger partial charge in [0.25, 0.3) is 5.56 Å². The van der Waals surface area contributed by atoms with Crippen LogP contribution >= 0.6 is 0 Å². The number of aliphatic hydroxyl groups excluding tert-OH is 2. The molecule has 0 amide bonds. The molecule has 1 aliphatic rings. The van der Waals surface area contributed by atoms with Gasteiger partial charge in [0.15, 0.2) is 0 Å². The predicted molar refractivity (Wildman–Crippen MR) is 71.6 cm³/mol. The maximum Gasteiger partial charge on any atom is 0.330 e. The third-order valence-electron chi connectivity index (χ3n) is 3.54. The van der Waals surface area contributed by atoms with Gasteiger partial charge in [0.2, 0.25) is 0 Å². The number of ether oxygens (including phenoxy) is 1. The van der Waals surface area contributed by atoms with Crippen LogP contribution in [0, 0.1) is 0 Å². The van der Waals surface area contributed by atoms with Crippen LogP contribution in [0.5, 0.6) is 0 Å². The van der Waals surface area contributed by atoms with Gasteiger partial charge in [0.1, 0.15) is 12.3 Å². The van der Waals surface area contributed by atoms with Gasteiger partial charge < -0.3 is 14.9 Å². The number of unbranched alkanes of at least 4 members (excludes halogenated alkanes) is 1. The summed E-state index contributed by atoms with van der Waals surface area (Å²) >= 11 is 0. The molecule has 20 heavy (non-hydrogen) atoms. The van der Waals surface area contributed by atoms with Gasteiger partial charge in [-0.25, -0.2) is 4.79 Å². The highest BCUT2D eigenvalue weighted by atomic mass is 16.5. The molecule has 1 aromatic heterocycles. The molecule has 0 aliphatic carbocycles. The number of hydrogen-bond donors (Lipinski definition) is 3. The summed E-state index contributed by atoms with van der Waals surface area (Å²) in [7, 11) is 0. The second-order valence-corrected chi connectivity index (χ2v) is 5.04. The van der Waals surface area contributed by atoms with Gasteiger partial charge in [-0.05, 0) is 12.8 Å². The lowest BCUT2D eigenvalue weighted by molar-refractivity contribution is -0.0460. The van der Waals surface area contributed by atoms with Crippen LogP contribution in [0.1, 0.15) is 38.0 Å². The van der Waals surface area contributed by atoms with Crippen LogP contribution < -0.4 is 11.2 Å². The fraction of sp³-hybridized carbons (Fsp3) is 0.692. The summed E-state index contributed by atoms with van der Waals surface area (Å²) in [6.45, 7) is 1.71. The molecule has 1 unspecified atom stereocenters. The van der Waals surface area contributed by atoms with Gasteiger partial charge in [-0.3, -0.25) is 14.3 Å². The van der Waals surface area contributed by atoms with Crippen molar-refractivity contribution >= 4 is 0 Å². The standard InChI is InChI=1S/C13H20N2O5/c1-2-3-4-8-6-15(13(19)14-12(8)18)11-5-9(17)10(7-16)20-11/h6,9-11,16-17H,2-5,7H2,1H3,(H,14,18,19)/t9?,10-,11-/m0/s1. The van der Waals surface area contributed by atoms with Crippen LogP contribution in [0.4, 0.5) is 0 Å². The molecule has 7 nitrogen and oxygen atoms in total. The second kappa shape index (κ2) is 6.34. The van der Waals surface area contributed by atoms with Crippen LogP contribution in [0.2, 0.25) is 0 Å². The van der Waals surface area contributed by atoms with Crippen LogP contribution in [0.25, 0.3) is 0 Å². The van der Waals surface area contributed by atoms with E-state index in [4.69, 9.17) is 9.84 Å². The van der Waals surface area contributed by atoms with E-state index in [0.29, 0.717) is 12.0 Å². The molecule has 112 valence electrons. The monoisotopic (exact) mass is 284 g/mol. The van der Waals surface area contributed by atoms with Crippen molar-refractivity contribution in [3.05, 3.63) is 32.6 Å². The molecule has 2 heterocycles. The van der Waals surface area contributed by atoms with Gasteiger partial charge in [-0.15, -0.1) is 0 Å². The van der Waals surface area contributed by atoms with Crippen LogP contribution in [-0.4, -0.2) is 38.6 Å². The molecule has 1 fully saturated rings. The van der Waals surface area contributed by atoms with Gasteiger partial charge in [0, 0.05) is 18.2 Å². The number of nitrogens with one attached hydrogen (secondary N) is 1. The van der Waals surface area contributed by atoms with E-state index in [1.54, 1.807) is 0 Å². The van der Waals surface area contributed by atoms with Crippen LogP contribution in [0.15, 0.2) is 15.8 Å². The highest BCUT2D eigenvalue weighted by Crippen LogP contribution is 2.27. The number of rotatable bonds is 5. The number of H-pyrrole nitrogens is 1. The third-order valence-corrected chi connectivity index (χ3v) is 3.54. The Labute approximate surface area is 115 Å². The van der Waals surface area contributed by atoms with Gasteiger partial charge in [-0.1, -0.05) is 13.3 Å². The van der Waals surface area contributed by atoms with Crippen molar-refractivity contribution in [2.75, 3.05) is 6.61 Å². The Balaban J connectivity index is 2.28. The minimum atomic E-state index is -0.817. The van der Waals surface area contributed by atoms with E-state index in [-0.39, 0.29) is 18.6 Å². The van der Waals surface area contributed by atoms with Crippen LogP contribution in [0.3, 0.4) is 0 Å². The number of aromatic amines is 1. The highest BCUT2D eigenvalue weighted by molar-refractivity contribution is 5.05. The number of hydrogen-bond acceptors (Lipinski definition) is 5. The fourth-order valence-electron chi connectivity index (χ4n) is 2.34. The van der Waals surface area contributed by atoms with E-state index in [1.807, 2.05) is 6.92 Å². The molecule has 0 bridgehead atoms. The first kappa shape index (κ1) is 15.0. The van der Waals surface area contributed by atoms with E-state index >= 15 is 0 Å². The minimum Gasteiger partial charge on any atom is -0.394 e. The molecule has 0 radical (unpaired) electrons. The molecular weight excluding hydrogens is 264 g/mol. The van der Waals surface area contributed by atoms with Crippen molar-refractivity contribution in [3.63, 3.8) is 0 Å². The quantitative estimate of drug-likeness (QED) is 0.677. The zero-order valence-electron chi connectivity index (χ0n) is 11.4. The van der Waals surface area contributed by atoms with E-state index in [9.17, 15) is 14.7 Å². The summed E-state index contributed by atoms with van der Waals surface area (Å²) in [5, 5.41) is 18.8. The van der Waals surface area contributed by atoms with E-state index < -0.39 is 24.1 Å². The van der Waals surface area contributed by atoms with Gasteiger partial charge in [-0.2, -0.15) is 0 Å². The number of aliphatic hydroxyl groups is 2. The summed E-state index contributed by atoms with van der Waals surface area (Å²) in [4.78, 5) is 25.8. The molecule has 0 spiro atoms. The van der Waals surface area contributed by atoms with Gasteiger partial charge in [0.05, 0.1) is 12.7 Å². The highest BCUT2D eigenvalue weighted by Gasteiger charge is 2.35. The lowest BCUT2D eigenvalue weighted by atomic mass is 10.1. The molecule has 1 aliphatic heterocycles. The first-order valence-electron chi connectivity index (χ1n) is 6.85. The summed E-state index contributed by atoms with van der Waals surface area (Å²) in [6, 6.07) is 0. The van der Waals surface area contributed by atoms with E-state index in [0.717, 1.165) is 12.8 Å². The second-order valence-electron chi connectivity index (χ2n) is 5.04. The van der Waals surface area contributed by atoms with E-state index in [2.05, 4.69) is 4.98 Å². The largest absolute Gasteiger partial charge is 0.394 e. The Morgan fingerprint density at radius 3 is 2.85 bits per heavy atom. The Bertz CT molecular complexity index is 565. The average Bonchev–Trinajstić information content (AvgIpc) is 2.79.